The van der Waals surface area contributed by atoms with Gasteiger partial charge in [0.15, 0.2) is 5.13 Å². The lowest BCUT2D eigenvalue weighted by atomic mass is 9.47. The molecule has 1 aromatic heterocycles. The Morgan fingerprint density at radius 1 is 1.09 bits per heavy atom. The number of nitrogens with one attached hydrogen (secondary N) is 1. The summed E-state index contributed by atoms with van der Waals surface area (Å²) in [5, 5.41) is 6.91. The third kappa shape index (κ3) is 3.37. The summed E-state index contributed by atoms with van der Waals surface area (Å²) in [6.45, 7) is 5.84. The van der Waals surface area contributed by atoms with Crippen LogP contribution in [-0.2, 0) is 11.3 Å². The highest BCUT2D eigenvalue weighted by molar-refractivity contribution is 7.13. The summed E-state index contributed by atoms with van der Waals surface area (Å²) in [5.41, 5.74) is 3.07. The molecule has 1 aromatic carbocycles. The zero-order valence-electron chi connectivity index (χ0n) is 20.7. The van der Waals surface area contributed by atoms with Crippen molar-refractivity contribution in [3.63, 3.8) is 0 Å². The molecule has 0 saturated heterocycles. The molecule has 6 rings (SSSR count). The van der Waals surface area contributed by atoms with E-state index in [0.717, 1.165) is 29.9 Å². The van der Waals surface area contributed by atoms with Gasteiger partial charge in [0.1, 0.15) is 0 Å². The number of thiazole rings is 1. The van der Waals surface area contributed by atoms with Gasteiger partial charge in [-0.05, 0) is 73.3 Å². The van der Waals surface area contributed by atoms with Crippen LogP contribution in [0.15, 0.2) is 47.9 Å². The molecule has 4 nitrogen and oxygen atoms in total. The van der Waals surface area contributed by atoms with Gasteiger partial charge < -0.3 is 10.2 Å². The number of nitrogens with zero attached hydrogens (tertiary/aromatic N) is 2. The summed E-state index contributed by atoms with van der Waals surface area (Å²) in [6.07, 6.45) is 11.7. The number of anilines is 1. The number of likely N-dealkylation sites (N-methyl/N-ethyl adjacent to an activating group) is 1. The molecule has 3 fully saturated rings. The molecule has 5 heteroatoms. The van der Waals surface area contributed by atoms with Gasteiger partial charge in [0, 0.05) is 36.3 Å². The fourth-order valence-corrected chi connectivity index (χ4v) is 9.29. The Morgan fingerprint density at radius 3 is 2.74 bits per heavy atom. The van der Waals surface area contributed by atoms with Crippen LogP contribution in [0, 0.1) is 28.6 Å². The van der Waals surface area contributed by atoms with Gasteiger partial charge in [0.25, 0.3) is 0 Å². The second-order valence-corrected chi connectivity index (χ2v) is 12.6. The highest BCUT2D eigenvalue weighted by Crippen LogP contribution is 2.67. The predicted octanol–water partition coefficient (Wildman–Crippen LogP) is 6.48. The van der Waals surface area contributed by atoms with E-state index < -0.39 is 0 Å². The number of carbonyl (C=O) groups is 1. The molecule has 34 heavy (non-hydrogen) atoms. The first-order valence-electron chi connectivity index (χ1n) is 13.1. The molecule has 0 bridgehead atoms. The second kappa shape index (κ2) is 8.22. The normalized spacial score (nSPS) is 38.9. The zero-order chi connectivity index (χ0) is 23.5. The van der Waals surface area contributed by atoms with Crippen molar-refractivity contribution in [1.82, 2.24) is 9.88 Å². The minimum Gasteiger partial charge on any atom is -0.357 e. The van der Waals surface area contributed by atoms with Gasteiger partial charge in [-0.1, -0.05) is 50.3 Å². The van der Waals surface area contributed by atoms with E-state index >= 15 is 0 Å². The maximum Gasteiger partial charge on any atom is 0.246 e. The smallest absolute Gasteiger partial charge is 0.246 e. The fraction of sp³-hybridized carbons (Fsp3) is 0.586. The van der Waals surface area contributed by atoms with Gasteiger partial charge in [-0.15, -0.1) is 11.3 Å². The summed E-state index contributed by atoms with van der Waals surface area (Å²) in [6, 6.07) is 10.9. The number of aromatic nitrogens is 1. The van der Waals surface area contributed by atoms with Crippen molar-refractivity contribution in [3.8, 4) is 0 Å². The first-order chi connectivity index (χ1) is 16.4. The largest absolute Gasteiger partial charge is 0.357 e. The van der Waals surface area contributed by atoms with Crippen LogP contribution in [0.4, 0.5) is 5.13 Å². The lowest BCUT2D eigenvalue weighted by Gasteiger charge is -2.60. The fourth-order valence-electron chi connectivity index (χ4n) is 8.53. The number of fused-ring (bicyclic) bond motifs is 5. The summed E-state index contributed by atoms with van der Waals surface area (Å²) in [7, 11) is 2.01. The Kier molecular flexibility index (Phi) is 5.40. The first kappa shape index (κ1) is 22.3. The zero-order valence-corrected chi connectivity index (χ0v) is 21.5. The van der Waals surface area contributed by atoms with Crippen LogP contribution in [0.25, 0.3) is 0 Å². The molecule has 1 aliphatic heterocycles. The molecular formula is C29H37N3OS. The lowest BCUT2D eigenvalue weighted by Crippen LogP contribution is -2.59. The molecule has 2 heterocycles. The van der Waals surface area contributed by atoms with Crippen LogP contribution in [0.1, 0.15) is 69.5 Å². The van der Waals surface area contributed by atoms with Crippen LogP contribution < -0.4 is 5.32 Å². The number of amides is 1. The predicted molar refractivity (Wildman–Crippen MR) is 139 cm³/mol. The van der Waals surface area contributed by atoms with Crippen molar-refractivity contribution in [2.24, 2.45) is 28.6 Å². The van der Waals surface area contributed by atoms with Crippen LogP contribution >= 0.6 is 11.3 Å². The van der Waals surface area contributed by atoms with E-state index in [9.17, 15) is 4.79 Å². The van der Waals surface area contributed by atoms with Crippen LogP contribution in [0.3, 0.4) is 0 Å². The first-order valence-corrected chi connectivity index (χ1v) is 14.0. The molecule has 7 atom stereocenters. The molecule has 3 aliphatic carbocycles. The van der Waals surface area contributed by atoms with Crippen molar-refractivity contribution in [1.29, 1.82) is 0 Å². The SMILES string of the molecule is CN1C(=O)C=C[C@]2(C)[C@H]3CC[C@]4(C)[C@@H](c5csc(NCc6ccccc6)n5)CC[C@H]4[C@@H]3CC[C@@H]12. The number of rotatable bonds is 4. The molecule has 0 unspecified atom stereocenters. The van der Waals surface area contributed by atoms with Crippen molar-refractivity contribution in [2.45, 2.75) is 70.9 Å². The average Bonchev–Trinajstić information content (AvgIpc) is 3.45. The summed E-state index contributed by atoms with van der Waals surface area (Å²) >= 11 is 1.76. The third-order valence-corrected chi connectivity index (χ3v) is 11.1. The Labute approximate surface area is 207 Å². The molecule has 1 N–H and O–H groups in total. The van der Waals surface area contributed by atoms with E-state index in [4.69, 9.17) is 4.98 Å². The van der Waals surface area contributed by atoms with E-state index in [1.165, 1.54) is 43.4 Å². The number of benzene rings is 1. The van der Waals surface area contributed by atoms with E-state index in [-0.39, 0.29) is 11.3 Å². The van der Waals surface area contributed by atoms with Crippen LogP contribution in [-0.4, -0.2) is 28.9 Å². The average molecular weight is 476 g/mol. The van der Waals surface area contributed by atoms with Gasteiger partial charge in [0.2, 0.25) is 5.91 Å². The number of carbonyl (C=O) groups excluding carboxylic acids is 1. The molecule has 1 amide bonds. The van der Waals surface area contributed by atoms with E-state index in [1.54, 1.807) is 11.3 Å². The molecule has 4 aliphatic rings. The Hall–Kier alpha value is -2.14. The van der Waals surface area contributed by atoms with Crippen molar-refractivity contribution < 1.29 is 4.79 Å². The highest BCUT2D eigenvalue weighted by Gasteiger charge is 2.60. The molecular weight excluding hydrogens is 438 g/mol. The maximum absolute atomic E-state index is 12.3. The second-order valence-electron chi connectivity index (χ2n) is 11.7. The standard InChI is InChI=1S/C29H37N3OS/c1-28-15-13-22-20(9-12-25-29(22,2)16-14-26(33)32(25)3)21(28)10-11-23(28)24-18-34-27(31-24)30-17-19-7-5-4-6-8-19/h4-8,14,16,18,20-23,25H,9-13,15,17H2,1-3H3,(H,30,31)/t20-,21-,22-,23+,25+,28-,29+/m0/s1. The molecule has 2 aromatic rings. The quantitative estimate of drug-likeness (QED) is 0.551. The Bertz CT molecular complexity index is 1100. The highest BCUT2D eigenvalue weighted by atomic mass is 32.1. The van der Waals surface area contributed by atoms with Crippen molar-refractivity contribution in [3.05, 3.63) is 59.1 Å². The van der Waals surface area contributed by atoms with Gasteiger partial charge in [-0.25, -0.2) is 4.98 Å². The van der Waals surface area contributed by atoms with Crippen molar-refractivity contribution in [2.75, 3.05) is 12.4 Å². The molecule has 180 valence electrons. The topological polar surface area (TPSA) is 45.2 Å². The molecule has 3 saturated carbocycles. The maximum atomic E-state index is 12.3. The van der Waals surface area contributed by atoms with Gasteiger partial charge in [-0.2, -0.15) is 0 Å². The minimum absolute atomic E-state index is 0.125. The summed E-state index contributed by atoms with van der Waals surface area (Å²) < 4.78 is 0. The van der Waals surface area contributed by atoms with E-state index in [0.29, 0.717) is 23.3 Å². The monoisotopic (exact) mass is 475 g/mol. The summed E-state index contributed by atoms with van der Waals surface area (Å²) in [4.78, 5) is 19.5. The van der Waals surface area contributed by atoms with E-state index in [1.807, 2.05) is 18.0 Å². The van der Waals surface area contributed by atoms with Gasteiger partial charge in [-0.3, -0.25) is 4.79 Å². The number of hydrogen-bond acceptors (Lipinski definition) is 4. The molecule has 0 spiro atoms. The van der Waals surface area contributed by atoms with Gasteiger partial charge >= 0.3 is 0 Å². The van der Waals surface area contributed by atoms with Gasteiger partial charge in [0.05, 0.1) is 5.69 Å². The third-order valence-electron chi connectivity index (χ3n) is 10.3. The summed E-state index contributed by atoms with van der Waals surface area (Å²) in [5.74, 6) is 2.98. The molecule has 0 radical (unpaired) electrons. The lowest BCUT2D eigenvalue weighted by molar-refractivity contribution is -0.138. The van der Waals surface area contributed by atoms with E-state index in [2.05, 4.69) is 61.0 Å². The Balaban J connectivity index is 1.20. The minimum atomic E-state index is 0.125. The Morgan fingerprint density at radius 2 is 1.91 bits per heavy atom. The number of hydrogen-bond donors (Lipinski definition) is 1. The van der Waals surface area contributed by atoms with Crippen molar-refractivity contribution >= 4 is 22.4 Å². The van der Waals surface area contributed by atoms with Crippen LogP contribution in [0.5, 0.6) is 0 Å². The van der Waals surface area contributed by atoms with Crippen LogP contribution in [0.2, 0.25) is 0 Å².